The maximum atomic E-state index is 11.0. The number of halogens is 1. The molecule has 4 nitrogen and oxygen atoms in total. The minimum absolute atomic E-state index is 0.204. The molecule has 0 radical (unpaired) electrons. The number of rotatable bonds is 3. The van der Waals surface area contributed by atoms with Crippen LogP contribution in [0.1, 0.15) is 16.8 Å². The van der Waals surface area contributed by atoms with Gasteiger partial charge in [-0.25, -0.2) is 0 Å². The molecule has 0 aliphatic carbocycles. The molecule has 1 atom stereocenters. The van der Waals surface area contributed by atoms with Crippen molar-refractivity contribution in [2.75, 3.05) is 13.1 Å². The van der Waals surface area contributed by atoms with Crippen molar-refractivity contribution in [3.05, 3.63) is 28.2 Å². The average molecular weight is 285 g/mol. The van der Waals surface area contributed by atoms with Crippen LogP contribution >= 0.6 is 15.9 Å². The molecule has 0 spiro atoms. The Bertz CT molecular complexity index is 403. The van der Waals surface area contributed by atoms with Crippen LogP contribution in [0.15, 0.2) is 22.7 Å². The maximum absolute atomic E-state index is 11.0. The van der Waals surface area contributed by atoms with Crippen molar-refractivity contribution in [1.82, 2.24) is 5.32 Å². The molecule has 0 saturated carbocycles. The third kappa shape index (κ3) is 2.54. The van der Waals surface area contributed by atoms with E-state index in [-0.39, 0.29) is 6.10 Å². The molecule has 1 aromatic rings. The van der Waals surface area contributed by atoms with E-state index in [0.717, 1.165) is 29.7 Å². The Kier molecular flexibility index (Phi) is 3.46. The van der Waals surface area contributed by atoms with E-state index in [1.54, 1.807) is 18.2 Å². The quantitative estimate of drug-likeness (QED) is 0.879. The highest BCUT2D eigenvalue weighted by molar-refractivity contribution is 9.10. The van der Waals surface area contributed by atoms with Gasteiger partial charge in [0.25, 0.3) is 0 Å². The van der Waals surface area contributed by atoms with Crippen LogP contribution in [-0.4, -0.2) is 25.1 Å². The first-order valence-corrected chi connectivity index (χ1v) is 5.93. The third-order valence-electron chi connectivity index (χ3n) is 2.53. The monoisotopic (exact) mass is 284 g/mol. The van der Waals surface area contributed by atoms with Crippen LogP contribution in [0.25, 0.3) is 0 Å². The van der Waals surface area contributed by atoms with Crippen molar-refractivity contribution < 1.29 is 9.53 Å². The van der Waals surface area contributed by atoms with Gasteiger partial charge in [-0.2, -0.15) is 0 Å². The fraction of sp³-hybridized carbons (Fsp3) is 0.364. The minimum Gasteiger partial charge on any atom is -0.488 e. The Morgan fingerprint density at radius 3 is 2.94 bits per heavy atom. The summed E-state index contributed by atoms with van der Waals surface area (Å²) >= 11 is 3.37. The third-order valence-corrected chi connectivity index (χ3v) is 3.14. The minimum atomic E-state index is -0.435. The predicted molar refractivity (Wildman–Crippen MR) is 64.6 cm³/mol. The lowest BCUT2D eigenvalue weighted by Crippen LogP contribution is -2.20. The summed E-state index contributed by atoms with van der Waals surface area (Å²) in [7, 11) is 0. The Balaban J connectivity index is 2.12. The highest BCUT2D eigenvalue weighted by Gasteiger charge is 2.17. The average Bonchev–Trinajstić information content (AvgIpc) is 2.73. The highest BCUT2D eigenvalue weighted by atomic mass is 79.9. The second-order valence-corrected chi connectivity index (χ2v) is 4.60. The number of carbonyl (C=O) groups excluding carboxylic acids is 1. The molecule has 86 valence electrons. The zero-order valence-corrected chi connectivity index (χ0v) is 10.3. The Hall–Kier alpha value is -1.07. The van der Waals surface area contributed by atoms with Gasteiger partial charge in [0.15, 0.2) is 0 Å². The Labute approximate surface area is 102 Å². The molecule has 1 aromatic carbocycles. The zero-order valence-electron chi connectivity index (χ0n) is 8.70. The van der Waals surface area contributed by atoms with Crippen molar-refractivity contribution in [2.24, 2.45) is 5.73 Å². The predicted octanol–water partition coefficient (Wildman–Crippen LogP) is 1.29. The SMILES string of the molecule is NC(=O)c1ccc(OC2CCNC2)c(Br)c1. The summed E-state index contributed by atoms with van der Waals surface area (Å²) in [6.45, 7) is 1.85. The molecule has 1 aliphatic heterocycles. The lowest BCUT2D eigenvalue weighted by atomic mass is 10.2. The summed E-state index contributed by atoms with van der Waals surface area (Å²) in [4.78, 5) is 11.0. The lowest BCUT2D eigenvalue weighted by Gasteiger charge is -2.14. The van der Waals surface area contributed by atoms with E-state index in [1.165, 1.54) is 0 Å². The molecular formula is C11H13BrN2O2. The Morgan fingerprint density at radius 2 is 2.38 bits per heavy atom. The van der Waals surface area contributed by atoms with E-state index in [4.69, 9.17) is 10.5 Å². The molecule has 0 bridgehead atoms. The van der Waals surface area contributed by atoms with Crippen LogP contribution in [0.5, 0.6) is 5.75 Å². The van der Waals surface area contributed by atoms with Gasteiger partial charge < -0.3 is 15.8 Å². The molecule has 2 rings (SSSR count). The van der Waals surface area contributed by atoms with Crippen LogP contribution in [0.3, 0.4) is 0 Å². The van der Waals surface area contributed by atoms with E-state index in [0.29, 0.717) is 5.56 Å². The van der Waals surface area contributed by atoms with Crippen LogP contribution in [0, 0.1) is 0 Å². The number of benzene rings is 1. The highest BCUT2D eigenvalue weighted by Crippen LogP contribution is 2.27. The van der Waals surface area contributed by atoms with Crippen molar-refractivity contribution >= 4 is 21.8 Å². The zero-order chi connectivity index (χ0) is 11.5. The van der Waals surface area contributed by atoms with Crippen LogP contribution in [0.2, 0.25) is 0 Å². The molecular weight excluding hydrogens is 272 g/mol. The van der Waals surface area contributed by atoms with Gasteiger partial charge in [0.1, 0.15) is 11.9 Å². The molecule has 16 heavy (non-hydrogen) atoms. The van der Waals surface area contributed by atoms with Crippen LogP contribution in [-0.2, 0) is 0 Å². The van der Waals surface area contributed by atoms with Crippen LogP contribution < -0.4 is 15.8 Å². The number of amides is 1. The number of nitrogens with one attached hydrogen (secondary N) is 1. The van der Waals surface area contributed by atoms with E-state index >= 15 is 0 Å². The summed E-state index contributed by atoms with van der Waals surface area (Å²) < 4.78 is 6.54. The van der Waals surface area contributed by atoms with E-state index < -0.39 is 5.91 Å². The maximum Gasteiger partial charge on any atom is 0.248 e. The van der Waals surface area contributed by atoms with Gasteiger partial charge in [-0.1, -0.05) is 0 Å². The number of primary amides is 1. The molecule has 5 heteroatoms. The topological polar surface area (TPSA) is 64.4 Å². The first kappa shape index (κ1) is 11.4. The fourth-order valence-corrected chi connectivity index (χ4v) is 2.13. The van der Waals surface area contributed by atoms with E-state index in [9.17, 15) is 4.79 Å². The van der Waals surface area contributed by atoms with E-state index in [2.05, 4.69) is 21.2 Å². The second-order valence-electron chi connectivity index (χ2n) is 3.74. The smallest absolute Gasteiger partial charge is 0.248 e. The molecule has 1 fully saturated rings. The summed E-state index contributed by atoms with van der Waals surface area (Å²) in [5.74, 6) is 0.313. The molecule has 1 amide bonds. The number of hydrogen-bond donors (Lipinski definition) is 2. The summed E-state index contributed by atoms with van der Waals surface area (Å²) in [5.41, 5.74) is 5.66. The summed E-state index contributed by atoms with van der Waals surface area (Å²) in [5, 5.41) is 3.23. The summed E-state index contributed by atoms with van der Waals surface area (Å²) in [6, 6.07) is 5.12. The van der Waals surface area contributed by atoms with Crippen molar-refractivity contribution in [2.45, 2.75) is 12.5 Å². The van der Waals surface area contributed by atoms with Gasteiger partial charge in [-0.15, -0.1) is 0 Å². The standard InChI is InChI=1S/C11H13BrN2O2/c12-9-5-7(11(13)15)1-2-10(9)16-8-3-4-14-6-8/h1-2,5,8,14H,3-4,6H2,(H2,13,15). The van der Waals surface area contributed by atoms with Gasteiger partial charge >= 0.3 is 0 Å². The van der Waals surface area contributed by atoms with Gasteiger partial charge in [0, 0.05) is 12.1 Å². The molecule has 1 saturated heterocycles. The molecule has 1 aliphatic rings. The normalized spacial score (nSPS) is 19.7. The molecule has 0 aromatic heterocycles. The van der Waals surface area contributed by atoms with Gasteiger partial charge in [-0.05, 0) is 47.1 Å². The van der Waals surface area contributed by atoms with Crippen LogP contribution in [0.4, 0.5) is 0 Å². The fourth-order valence-electron chi connectivity index (χ4n) is 1.66. The number of carbonyl (C=O) groups is 1. The molecule has 3 N–H and O–H groups in total. The van der Waals surface area contributed by atoms with Gasteiger partial charge in [0.2, 0.25) is 5.91 Å². The van der Waals surface area contributed by atoms with E-state index in [1.807, 2.05) is 0 Å². The molecule has 1 heterocycles. The number of ether oxygens (including phenoxy) is 1. The van der Waals surface area contributed by atoms with Gasteiger partial charge in [0.05, 0.1) is 4.47 Å². The number of hydrogen-bond acceptors (Lipinski definition) is 3. The van der Waals surface area contributed by atoms with Crippen molar-refractivity contribution in [3.63, 3.8) is 0 Å². The Morgan fingerprint density at radius 1 is 1.56 bits per heavy atom. The lowest BCUT2D eigenvalue weighted by molar-refractivity contribution is 0.1000. The first-order valence-electron chi connectivity index (χ1n) is 5.13. The van der Waals surface area contributed by atoms with Crippen molar-refractivity contribution in [1.29, 1.82) is 0 Å². The first-order chi connectivity index (χ1) is 7.66. The second kappa shape index (κ2) is 4.84. The summed E-state index contributed by atoms with van der Waals surface area (Å²) in [6.07, 6.45) is 1.21. The largest absolute Gasteiger partial charge is 0.488 e. The van der Waals surface area contributed by atoms with Crippen molar-refractivity contribution in [3.8, 4) is 5.75 Å². The van der Waals surface area contributed by atoms with Gasteiger partial charge in [-0.3, -0.25) is 4.79 Å². The molecule has 1 unspecified atom stereocenters. The number of nitrogens with two attached hydrogens (primary N) is 1.